The van der Waals surface area contributed by atoms with Crippen molar-refractivity contribution in [2.45, 2.75) is 25.7 Å². The number of nitrogens with zero attached hydrogens (tertiary/aromatic N) is 2. The van der Waals surface area contributed by atoms with Crippen LogP contribution in [0, 0.1) is 0 Å². The third-order valence-electron chi connectivity index (χ3n) is 4.68. The maximum absolute atomic E-state index is 12.2. The van der Waals surface area contributed by atoms with Crippen molar-refractivity contribution in [1.82, 2.24) is 9.80 Å². The molecule has 0 bridgehead atoms. The molecule has 1 fully saturated rings. The number of carbonyl (C=O) groups excluding carboxylic acids is 2. The first-order valence-electron chi connectivity index (χ1n) is 8.39. The SMILES string of the molecule is CN1CCc2ccc(OCCCN3CCC(=O)CC3)cc2C1=O. The van der Waals surface area contributed by atoms with E-state index >= 15 is 0 Å². The van der Waals surface area contributed by atoms with Gasteiger partial charge in [-0.1, -0.05) is 6.07 Å². The van der Waals surface area contributed by atoms with Crippen LogP contribution in [0.25, 0.3) is 0 Å². The predicted octanol–water partition coefficient (Wildman–Crippen LogP) is 1.75. The maximum atomic E-state index is 12.2. The summed E-state index contributed by atoms with van der Waals surface area (Å²) in [5.41, 5.74) is 1.88. The molecule has 1 saturated heterocycles. The van der Waals surface area contributed by atoms with Crippen LogP contribution in [0.4, 0.5) is 0 Å². The highest BCUT2D eigenvalue weighted by Gasteiger charge is 2.21. The molecule has 0 saturated carbocycles. The summed E-state index contributed by atoms with van der Waals surface area (Å²) >= 11 is 0. The number of piperidine rings is 1. The van der Waals surface area contributed by atoms with Crippen molar-refractivity contribution >= 4 is 11.7 Å². The first-order chi connectivity index (χ1) is 11.1. The lowest BCUT2D eigenvalue weighted by atomic mass is 9.99. The molecule has 23 heavy (non-hydrogen) atoms. The van der Waals surface area contributed by atoms with Gasteiger partial charge in [-0.2, -0.15) is 0 Å². The van der Waals surface area contributed by atoms with Crippen molar-refractivity contribution in [3.63, 3.8) is 0 Å². The number of ketones is 1. The molecule has 0 aromatic heterocycles. The molecular weight excluding hydrogens is 292 g/mol. The number of likely N-dealkylation sites (tertiary alicyclic amines) is 1. The van der Waals surface area contributed by atoms with Crippen LogP contribution in [-0.2, 0) is 11.2 Å². The molecule has 124 valence electrons. The maximum Gasteiger partial charge on any atom is 0.254 e. The summed E-state index contributed by atoms with van der Waals surface area (Å²) in [6.07, 6.45) is 3.20. The zero-order valence-electron chi connectivity index (χ0n) is 13.7. The summed E-state index contributed by atoms with van der Waals surface area (Å²) in [6.45, 7) is 4.12. The zero-order valence-corrected chi connectivity index (χ0v) is 13.7. The van der Waals surface area contributed by atoms with E-state index in [9.17, 15) is 9.59 Å². The predicted molar refractivity (Wildman–Crippen MR) is 87.9 cm³/mol. The van der Waals surface area contributed by atoms with Gasteiger partial charge in [0.2, 0.25) is 0 Å². The summed E-state index contributed by atoms with van der Waals surface area (Å²) in [5.74, 6) is 1.22. The van der Waals surface area contributed by atoms with E-state index < -0.39 is 0 Å². The van der Waals surface area contributed by atoms with Gasteiger partial charge in [0.25, 0.3) is 5.91 Å². The molecule has 3 rings (SSSR count). The largest absolute Gasteiger partial charge is 0.494 e. The Balaban J connectivity index is 1.47. The summed E-state index contributed by atoms with van der Waals surface area (Å²) in [4.78, 5) is 27.4. The highest BCUT2D eigenvalue weighted by molar-refractivity contribution is 5.97. The lowest BCUT2D eigenvalue weighted by Gasteiger charge is -2.26. The number of amides is 1. The molecule has 2 heterocycles. The Morgan fingerprint density at radius 2 is 1.87 bits per heavy atom. The minimum absolute atomic E-state index is 0.0784. The third-order valence-corrected chi connectivity index (χ3v) is 4.68. The van der Waals surface area contributed by atoms with Gasteiger partial charge in [0.05, 0.1) is 6.61 Å². The molecule has 2 aliphatic heterocycles. The second-order valence-electron chi connectivity index (χ2n) is 6.38. The van der Waals surface area contributed by atoms with Crippen LogP contribution in [-0.4, -0.2) is 61.3 Å². The summed E-state index contributed by atoms with van der Waals surface area (Å²) < 4.78 is 5.80. The average molecular weight is 316 g/mol. The average Bonchev–Trinajstić information content (AvgIpc) is 2.57. The topological polar surface area (TPSA) is 49.9 Å². The van der Waals surface area contributed by atoms with Crippen molar-refractivity contribution in [3.8, 4) is 5.75 Å². The molecule has 0 unspecified atom stereocenters. The highest BCUT2D eigenvalue weighted by Crippen LogP contribution is 2.23. The number of likely N-dealkylation sites (N-methyl/N-ethyl adjacent to an activating group) is 1. The lowest BCUT2D eigenvalue weighted by molar-refractivity contribution is -0.121. The molecule has 0 atom stereocenters. The van der Waals surface area contributed by atoms with Crippen LogP contribution in [0.2, 0.25) is 0 Å². The number of rotatable bonds is 5. The first-order valence-corrected chi connectivity index (χ1v) is 8.39. The van der Waals surface area contributed by atoms with Gasteiger partial charge < -0.3 is 14.5 Å². The molecule has 1 amide bonds. The molecule has 1 aromatic carbocycles. The van der Waals surface area contributed by atoms with Gasteiger partial charge in [0, 0.05) is 51.6 Å². The second-order valence-corrected chi connectivity index (χ2v) is 6.38. The molecule has 0 N–H and O–H groups in total. The summed E-state index contributed by atoms with van der Waals surface area (Å²) in [6, 6.07) is 5.83. The molecule has 0 radical (unpaired) electrons. The van der Waals surface area contributed by atoms with Crippen LogP contribution in [0.15, 0.2) is 18.2 Å². The van der Waals surface area contributed by atoms with Crippen LogP contribution in [0.3, 0.4) is 0 Å². The number of Topliss-reactive ketones (excluding diaryl/α,β-unsaturated/α-hetero) is 1. The Labute approximate surface area is 137 Å². The third kappa shape index (κ3) is 3.91. The smallest absolute Gasteiger partial charge is 0.254 e. The van der Waals surface area contributed by atoms with Crippen LogP contribution in [0.1, 0.15) is 35.2 Å². The minimum atomic E-state index is 0.0784. The fraction of sp³-hybridized carbons (Fsp3) is 0.556. The van der Waals surface area contributed by atoms with Crippen molar-refractivity contribution in [2.24, 2.45) is 0 Å². The molecule has 5 nitrogen and oxygen atoms in total. The molecule has 5 heteroatoms. The highest BCUT2D eigenvalue weighted by atomic mass is 16.5. The van der Waals surface area contributed by atoms with Crippen molar-refractivity contribution in [2.75, 3.05) is 39.8 Å². The first kappa shape index (κ1) is 16.0. The van der Waals surface area contributed by atoms with Gasteiger partial charge in [0.15, 0.2) is 0 Å². The number of fused-ring (bicyclic) bond motifs is 1. The quantitative estimate of drug-likeness (QED) is 0.777. The Hall–Kier alpha value is -1.88. The van der Waals surface area contributed by atoms with E-state index in [4.69, 9.17) is 4.74 Å². The van der Waals surface area contributed by atoms with Crippen molar-refractivity contribution < 1.29 is 14.3 Å². The van der Waals surface area contributed by atoms with Gasteiger partial charge in [-0.25, -0.2) is 0 Å². The van der Waals surface area contributed by atoms with Gasteiger partial charge in [-0.05, 0) is 30.5 Å². The number of hydrogen-bond acceptors (Lipinski definition) is 4. The molecule has 0 aliphatic carbocycles. The van der Waals surface area contributed by atoms with Crippen LogP contribution in [0.5, 0.6) is 5.75 Å². The van der Waals surface area contributed by atoms with E-state index in [1.54, 1.807) is 4.90 Å². The molecule has 2 aliphatic rings. The monoisotopic (exact) mass is 316 g/mol. The lowest BCUT2D eigenvalue weighted by Crippen LogP contribution is -2.35. The Morgan fingerprint density at radius 3 is 2.65 bits per heavy atom. The van der Waals surface area contributed by atoms with Crippen molar-refractivity contribution in [1.29, 1.82) is 0 Å². The number of hydrogen-bond donors (Lipinski definition) is 0. The Morgan fingerprint density at radius 1 is 1.09 bits per heavy atom. The zero-order chi connectivity index (χ0) is 16.2. The second kappa shape index (κ2) is 7.13. The fourth-order valence-electron chi connectivity index (χ4n) is 3.16. The van der Waals surface area contributed by atoms with Crippen LogP contribution >= 0.6 is 0 Å². The Kier molecular flexibility index (Phi) is 4.96. The fourth-order valence-corrected chi connectivity index (χ4v) is 3.16. The summed E-state index contributed by atoms with van der Waals surface area (Å²) in [7, 11) is 1.84. The van der Waals surface area contributed by atoms with Crippen LogP contribution < -0.4 is 4.74 Å². The van der Waals surface area contributed by atoms with E-state index in [1.165, 1.54) is 0 Å². The van der Waals surface area contributed by atoms with E-state index in [2.05, 4.69) is 4.90 Å². The molecule has 0 spiro atoms. The van der Waals surface area contributed by atoms with E-state index in [-0.39, 0.29) is 5.91 Å². The number of benzene rings is 1. The standard InChI is InChI=1S/C18H24N2O3/c1-19-9-5-14-3-4-16(13-17(14)18(19)22)23-12-2-8-20-10-6-15(21)7-11-20/h3-4,13H,2,5-12H2,1H3. The number of carbonyl (C=O) groups is 2. The molecular formula is C18H24N2O3. The van der Waals surface area contributed by atoms with Gasteiger partial charge >= 0.3 is 0 Å². The Bertz CT molecular complexity index is 590. The van der Waals surface area contributed by atoms with Gasteiger partial charge in [-0.3, -0.25) is 9.59 Å². The normalized spacial score (nSPS) is 18.9. The van der Waals surface area contributed by atoms with E-state index in [0.29, 0.717) is 25.2 Å². The number of ether oxygens (including phenoxy) is 1. The molecule has 1 aromatic rings. The van der Waals surface area contributed by atoms with Gasteiger partial charge in [0.1, 0.15) is 11.5 Å². The van der Waals surface area contributed by atoms with E-state index in [0.717, 1.165) is 55.9 Å². The summed E-state index contributed by atoms with van der Waals surface area (Å²) in [5, 5.41) is 0. The van der Waals surface area contributed by atoms with Gasteiger partial charge in [-0.15, -0.1) is 0 Å². The van der Waals surface area contributed by atoms with Crippen molar-refractivity contribution in [3.05, 3.63) is 29.3 Å². The minimum Gasteiger partial charge on any atom is -0.494 e. The van der Waals surface area contributed by atoms with E-state index in [1.807, 2.05) is 25.2 Å².